The predicted molar refractivity (Wildman–Crippen MR) is 95.6 cm³/mol. The van der Waals surface area contributed by atoms with Crippen LogP contribution in [-0.2, 0) is 19.1 Å². The summed E-state index contributed by atoms with van der Waals surface area (Å²) in [6.45, 7) is 0.499. The van der Waals surface area contributed by atoms with Crippen molar-refractivity contribution in [3.8, 4) is 0 Å². The first-order valence-electron chi connectivity index (χ1n) is 8.36. The first kappa shape index (κ1) is 19.9. The first-order chi connectivity index (χ1) is 12.4. The van der Waals surface area contributed by atoms with Gasteiger partial charge in [-0.2, -0.15) is 0 Å². The minimum Gasteiger partial charge on any atom is -0.455 e. The maximum atomic E-state index is 12.3. The number of likely N-dealkylation sites (tertiary alicyclic amines) is 1. The van der Waals surface area contributed by atoms with Gasteiger partial charge in [-0.3, -0.25) is 19.2 Å². The minimum absolute atomic E-state index is 0.0159. The zero-order valence-corrected chi connectivity index (χ0v) is 15.7. The van der Waals surface area contributed by atoms with E-state index in [-0.39, 0.29) is 30.9 Å². The largest absolute Gasteiger partial charge is 0.455 e. The number of nitrogens with zero attached hydrogens (tertiary/aromatic N) is 2. The number of carbonyl (C=O) groups is 4. The van der Waals surface area contributed by atoms with Crippen molar-refractivity contribution in [2.75, 3.05) is 40.3 Å². The number of rotatable bonds is 6. The zero-order chi connectivity index (χ0) is 19.1. The lowest BCUT2D eigenvalue weighted by molar-refractivity contribution is -0.156. The maximum absolute atomic E-state index is 12.3. The number of hydrogen-bond donors (Lipinski definition) is 1. The molecule has 0 aromatic carbocycles. The molecule has 2 heterocycles. The number of hydrogen-bond acceptors (Lipinski definition) is 6. The summed E-state index contributed by atoms with van der Waals surface area (Å²) < 4.78 is 5.08. The highest BCUT2D eigenvalue weighted by molar-refractivity contribution is 7.12. The van der Waals surface area contributed by atoms with E-state index in [0.717, 1.165) is 0 Å². The molecule has 1 N–H and O–H groups in total. The van der Waals surface area contributed by atoms with Gasteiger partial charge < -0.3 is 19.9 Å². The van der Waals surface area contributed by atoms with E-state index in [1.165, 1.54) is 30.3 Å². The summed E-state index contributed by atoms with van der Waals surface area (Å²) in [4.78, 5) is 51.2. The van der Waals surface area contributed by atoms with E-state index in [4.69, 9.17) is 4.74 Å². The Morgan fingerprint density at radius 2 is 2.00 bits per heavy atom. The molecule has 9 heteroatoms. The Balaban J connectivity index is 1.73. The molecule has 0 bridgehead atoms. The highest BCUT2D eigenvalue weighted by atomic mass is 32.1. The molecule has 0 aliphatic carbocycles. The highest BCUT2D eigenvalue weighted by Crippen LogP contribution is 2.21. The Bertz CT molecular complexity index is 653. The van der Waals surface area contributed by atoms with Crippen LogP contribution in [0.4, 0.5) is 0 Å². The second kappa shape index (κ2) is 9.33. The Hall–Kier alpha value is -2.42. The molecule has 3 amide bonds. The Morgan fingerprint density at radius 3 is 2.58 bits per heavy atom. The molecule has 26 heavy (non-hydrogen) atoms. The summed E-state index contributed by atoms with van der Waals surface area (Å²) in [6, 6.07) is 3.62. The van der Waals surface area contributed by atoms with Crippen molar-refractivity contribution in [1.82, 2.24) is 15.1 Å². The van der Waals surface area contributed by atoms with Gasteiger partial charge in [-0.1, -0.05) is 6.07 Å². The monoisotopic (exact) mass is 381 g/mol. The SMILES string of the molecule is CNC(=O)CN(C)C(=O)COC(=O)C1CCN(C(=O)c2cccs2)CC1. The van der Waals surface area contributed by atoms with Crippen molar-refractivity contribution in [1.29, 1.82) is 0 Å². The number of ether oxygens (including phenoxy) is 1. The van der Waals surface area contributed by atoms with E-state index in [1.54, 1.807) is 11.0 Å². The van der Waals surface area contributed by atoms with Gasteiger partial charge in [0.15, 0.2) is 6.61 Å². The van der Waals surface area contributed by atoms with Gasteiger partial charge in [0.1, 0.15) is 0 Å². The fourth-order valence-electron chi connectivity index (χ4n) is 2.62. The molecule has 1 aromatic rings. The first-order valence-corrected chi connectivity index (χ1v) is 9.24. The Kier molecular flexibility index (Phi) is 7.14. The van der Waals surface area contributed by atoms with Crippen LogP contribution in [0.1, 0.15) is 22.5 Å². The lowest BCUT2D eigenvalue weighted by Gasteiger charge is -2.30. The molecule has 1 fully saturated rings. The number of amides is 3. The second-order valence-electron chi connectivity index (χ2n) is 6.07. The van der Waals surface area contributed by atoms with Gasteiger partial charge in [-0.15, -0.1) is 11.3 Å². The van der Waals surface area contributed by atoms with Crippen LogP contribution in [0.5, 0.6) is 0 Å². The smallest absolute Gasteiger partial charge is 0.309 e. The fraction of sp³-hybridized carbons (Fsp3) is 0.529. The molecule has 0 atom stereocenters. The average Bonchev–Trinajstić information content (AvgIpc) is 3.19. The minimum atomic E-state index is -0.438. The average molecular weight is 381 g/mol. The third kappa shape index (κ3) is 5.29. The lowest BCUT2D eigenvalue weighted by atomic mass is 9.97. The topological polar surface area (TPSA) is 96.0 Å². The lowest BCUT2D eigenvalue weighted by Crippen LogP contribution is -2.41. The van der Waals surface area contributed by atoms with Gasteiger partial charge in [0.2, 0.25) is 5.91 Å². The number of likely N-dealkylation sites (N-methyl/N-ethyl adjacent to an activating group) is 2. The van der Waals surface area contributed by atoms with Crippen LogP contribution >= 0.6 is 11.3 Å². The summed E-state index contributed by atoms with van der Waals surface area (Å²) in [5.41, 5.74) is 0. The number of carbonyl (C=O) groups excluding carboxylic acids is 4. The molecule has 142 valence electrons. The molecular weight excluding hydrogens is 358 g/mol. The summed E-state index contributed by atoms with van der Waals surface area (Å²) in [7, 11) is 2.95. The molecule has 1 aromatic heterocycles. The van der Waals surface area contributed by atoms with Crippen LogP contribution < -0.4 is 5.32 Å². The van der Waals surface area contributed by atoms with Crippen molar-refractivity contribution in [3.63, 3.8) is 0 Å². The summed E-state index contributed by atoms with van der Waals surface area (Å²) in [5, 5.41) is 4.28. The molecular formula is C17H23N3O5S. The van der Waals surface area contributed by atoms with E-state index in [1.807, 2.05) is 11.4 Å². The second-order valence-corrected chi connectivity index (χ2v) is 7.02. The van der Waals surface area contributed by atoms with Crippen LogP contribution in [0.25, 0.3) is 0 Å². The molecule has 0 saturated carbocycles. The summed E-state index contributed by atoms with van der Waals surface area (Å²) >= 11 is 1.40. The van der Waals surface area contributed by atoms with Crippen molar-refractivity contribution in [2.24, 2.45) is 5.92 Å². The van der Waals surface area contributed by atoms with Crippen LogP contribution in [-0.4, -0.2) is 73.8 Å². The number of thiophene rings is 1. The predicted octanol–water partition coefficient (Wildman–Crippen LogP) is 0.348. The highest BCUT2D eigenvalue weighted by Gasteiger charge is 2.29. The quantitative estimate of drug-likeness (QED) is 0.717. The van der Waals surface area contributed by atoms with Gasteiger partial charge in [-0.25, -0.2) is 0 Å². The van der Waals surface area contributed by atoms with Gasteiger partial charge in [0, 0.05) is 27.2 Å². The number of piperidine rings is 1. The molecule has 1 aliphatic heterocycles. The van der Waals surface area contributed by atoms with E-state index < -0.39 is 11.9 Å². The molecule has 0 radical (unpaired) electrons. The van der Waals surface area contributed by atoms with Crippen molar-refractivity contribution in [3.05, 3.63) is 22.4 Å². The van der Waals surface area contributed by atoms with E-state index >= 15 is 0 Å². The van der Waals surface area contributed by atoms with Gasteiger partial charge >= 0.3 is 5.97 Å². The van der Waals surface area contributed by atoms with E-state index in [9.17, 15) is 19.2 Å². The number of esters is 1. The summed E-state index contributed by atoms with van der Waals surface area (Å²) in [6.07, 6.45) is 1.02. The van der Waals surface area contributed by atoms with Crippen LogP contribution in [0.2, 0.25) is 0 Å². The zero-order valence-electron chi connectivity index (χ0n) is 14.9. The fourth-order valence-corrected chi connectivity index (χ4v) is 3.31. The van der Waals surface area contributed by atoms with E-state index in [2.05, 4.69) is 5.32 Å². The van der Waals surface area contributed by atoms with Crippen LogP contribution in [0, 0.1) is 5.92 Å². The molecule has 2 rings (SSSR count). The van der Waals surface area contributed by atoms with Crippen molar-refractivity contribution in [2.45, 2.75) is 12.8 Å². The van der Waals surface area contributed by atoms with Crippen molar-refractivity contribution >= 4 is 35.0 Å². The number of nitrogens with one attached hydrogen (secondary N) is 1. The molecule has 0 unspecified atom stereocenters. The van der Waals surface area contributed by atoms with Crippen molar-refractivity contribution < 1.29 is 23.9 Å². The van der Waals surface area contributed by atoms with Gasteiger partial charge in [-0.05, 0) is 24.3 Å². The molecule has 1 saturated heterocycles. The van der Waals surface area contributed by atoms with Gasteiger partial charge in [0.05, 0.1) is 17.3 Å². The van der Waals surface area contributed by atoms with E-state index in [0.29, 0.717) is 30.8 Å². The Labute approximate surface area is 156 Å². The van der Waals surface area contributed by atoms with Crippen LogP contribution in [0.15, 0.2) is 17.5 Å². The molecule has 1 aliphatic rings. The van der Waals surface area contributed by atoms with Crippen LogP contribution in [0.3, 0.4) is 0 Å². The molecule has 8 nitrogen and oxygen atoms in total. The normalized spacial score (nSPS) is 14.6. The summed E-state index contributed by atoms with van der Waals surface area (Å²) in [5.74, 6) is -1.51. The standard InChI is InChI=1S/C17H23N3O5S/c1-18-14(21)10-19(2)15(22)11-25-17(24)12-5-7-20(8-6-12)16(23)13-4-3-9-26-13/h3-4,9,12H,5-8,10-11H2,1-2H3,(H,18,21). The van der Waals surface area contributed by atoms with Gasteiger partial charge in [0.25, 0.3) is 11.8 Å². The third-order valence-corrected chi connectivity index (χ3v) is 5.13. The maximum Gasteiger partial charge on any atom is 0.309 e. The molecule has 0 spiro atoms. The third-order valence-electron chi connectivity index (χ3n) is 4.27. The Morgan fingerprint density at radius 1 is 1.31 bits per heavy atom.